The van der Waals surface area contributed by atoms with E-state index in [1.165, 1.54) is 12.3 Å². The molecule has 1 atom stereocenters. The standard InChI is InChI=1S/C8H11FN2/c1-2-7(10)8-4-3-6(9)5-11-8/h3-5,7H,2,10H2,1H3. The molecule has 0 aromatic carbocycles. The highest BCUT2D eigenvalue weighted by molar-refractivity contribution is 5.08. The summed E-state index contributed by atoms with van der Waals surface area (Å²) in [5, 5.41) is 0. The zero-order valence-corrected chi connectivity index (χ0v) is 6.42. The van der Waals surface area contributed by atoms with Gasteiger partial charge in [0.05, 0.1) is 11.9 Å². The molecule has 1 heterocycles. The summed E-state index contributed by atoms with van der Waals surface area (Å²) in [6, 6.07) is 2.91. The lowest BCUT2D eigenvalue weighted by Gasteiger charge is -2.06. The van der Waals surface area contributed by atoms with Gasteiger partial charge in [0.15, 0.2) is 0 Å². The Morgan fingerprint density at radius 1 is 1.64 bits per heavy atom. The van der Waals surface area contributed by atoms with Crippen LogP contribution in [0.15, 0.2) is 18.3 Å². The van der Waals surface area contributed by atoms with E-state index in [4.69, 9.17) is 5.73 Å². The highest BCUT2D eigenvalue weighted by Crippen LogP contribution is 2.09. The molecule has 1 aromatic heterocycles. The number of pyridine rings is 1. The van der Waals surface area contributed by atoms with E-state index in [0.717, 1.165) is 12.1 Å². The van der Waals surface area contributed by atoms with Crippen LogP contribution in [-0.4, -0.2) is 4.98 Å². The molecule has 11 heavy (non-hydrogen) atoms. The maximum absolute atomic E-state index is 12.4. The molecule has 0 aliphatic rings. The Morgan fingerprint density at radius 3 is 2.82 bits per heavy atom. The van der Waals surface area contributed by atoms with Crippen molar-refractivity contribution >= 4 is 0 Å². The number of halogens is 1. The Balaban J connectivity index is 2.81. The fourth-order valence-electron chi connectivity index (χ4n) is 0.816. The van der Waals surface area contributed by atoms with Gasteiger partial charge in [0, 0.05) is 6.04 Å². The second-order valence-corrected chi connectivity index (χ2v) is 2.42. The predicted octanol–water partition coefficient (Wildman–Crippen LogP) is 1.63. The fourth-order valence-corrected chi connectivity index (χ4v) is 0.816. The van der Waals surface area contributed by atoms with Crippen LogP contribution in [0.3, 0.4) is 0 Å². The van der Waals surface area contributed by atoms with Gasteiger partial charge in [-0.15, -0.1) is 0 Å². The second kappa shape index (κ2) is 3.44. The Labute approximate surface area is 65.3 Å². The van der Waals surface area contributed by atoms with E-state index in [9.17, 15) is 4.39 Å². The van der Waals surface area contributed by atoms with Gasteiger partial charge in [0.1, 0.15) is 5.82 Å². The van der Waals surface area contributed by atoms with Crippen LogP contribution in [0.2, 0.25) is 0 Å². The molecule has 0 fully saturated rings. The van der Waals surface area contributed by atoms with Gasteiger partial charge in [0.2, 0.25) is 0 Å². The molecule has 0 aliphatic heterocycles. The summed E-state index contributed by atoms with van der Waals surface area (Å²) in [6.07, 6.45) is 2.00. The number of nitrogens with zero attached hydrogens (tertiary/aromatic N) is 1. The molecule has 0 saturated carbocycles. The Hall–Kier alpha value is -0.960. The lowest BCUT2D eigenvalue weighted by Crippen LogP contribution is -2.10. The summed E-state index contributed by atoms with van der Waals surface area (Å²) in [7, 11) is 0. The first kappa shape index (κ1) is 8.14. The summed E-state index contributed by atoms with van der Waals surface area (Å²) in [6.45, 7) is 1.97. The van der Waals surface area contributed by atoms with E-state index in [1.807, 2.05) is 6.92 Å². The molecule has 60 valence electrons. The first-order chi connectivity index (χ1) is 5.24. The molecule has 0 radical (unpaired) electrons. The summed E-state index contributed by atoms with van der Waals surface area (Å²) >= 11 is 0. The molecular weight excluding hydrogens is 143 g/mol. The zero-order chi connectivity index (χ0) is 8.27. The van der Waals surface area contributed by atoms with Gasteiger partial charge in [-0.1, -0.05) is 6.92 Å². The second-order valence-electron chi connectivity index (χ2n) is 2.42. The summed E-state index contributed by atoms with van der Waals surface area (Å²) in [5.41, 5.74) is 6.40. The lowest BCUT2D eigenvalue weighted by molar-refractivity contribution is 0.610. The van der Waals surface area contributed by atoms with Gasteiger partial charge in [0.25, 0.3) is 0 Å². The molecule has 0 amide bonds. The molecular formula is C8H11FN2. The van der Waals surface area contributed by atoms with Gasteiger partial charge in [-0.05, 0) is 18.6 Å². The average molecular weight is 154 g/mol. The van der Waals surface area contributed by atoms with E-state index in [1.54, 1.807) is 6.07 Å². The Kier molecular flexibility index (Phi) is 2.54. The number of hydrogen-bond donors (Lipinski definition) is 1. The van der Waals surface area contributed by atoms with E-state index >= 15 is 0 Å². The first-order valence-corrected chi connectivity index (χ1v) is 3.61. The number of rotatable bonds is 2. The molecule has 2 N–H and O–H groups in total. The minimum atomic E-state index is -0.322. The molecule has 1 unspecified atom stereocenters. The summed E-state index contributed by atoms with van der Waals surface area (Å²) in [4.78, 5) is 3.85. The van der Waals surface area contributed by atoms with Crippen LogP contribution in [0.5, 0.6) is 0 Å². The van der Waals surface area contributed by atoms with Crippen molar-refractivity contribution in [2.75, 3.05) is 0 Å². The highest BCUT2D eigenvalue weighted by Gasteiger charge is 2.03. The molecule has 0 bridgehead atoms. The Morgan fingerprint density at radius 2 is 2.36 bits per heavy atom. The number of nitrogens with two attached hydrogens (primary N) is 1. The molecule has 1 rings (SSSR count). The van der Waals surface area contributed by atoms with E-state index < -0.39 is 0 Å². The molecule has 0 saturated heterocycles. The van der Waals surface area contributed by atoms with Crippen molar-refractivity contribution < 1.29 is 4.39 Å². The van der Waals surface area contributed by atoms with Crippen LogP contribution in [0, 0.1) is 5.82 Å². The van der Waals surface area contributed by atoms with Crippen LogP contribution in [-0.2, 0) is 0 Å². The first-order valence-electron chi connectivity index (χ1n) is 3.61. The van der Waals surface area contributed by atoms with E-state index in [2.05, 4.69) is 4.98 Å². The maximum Gasteiger partial charge on any atom is 0.141 e. The zero-order valence-electron chi connectivity index (χ0n) is 6.42. The maximum atomic E-state index is 12.4. The minimum absolute atomic E-state index is 0.0735. The average Bonchev–Trinajstić information content (AvgIpc) is 2.05. The van der Waals surface area contributed by atoms with Gasteiger partial charge in [-0.3, -0.25) is 4.98 Å². The SMILES string of the molecule is CCC(N)c1ccc(F)cn1. The van der Waals surface area contributed by atoms with Crippen molar-refractivity contribution in [1.82, 2.24) is 4.98 Å². The van der Waals surface area contributed by atoms with Gasteiger partial charge in [-0.2, -0.15) is 0 Å². The van der Waals surface area contributed by atoms with Crippen LogP contribution < -0.4 is 5.73 Å². The van der Waals surface area contributed by atoms with Crippen molar-refractivity contribution in [2.24, 2.45) is 5.73 Å². The minimum Gasteiger partial charge on any atom is -0.323 e. The van der Waals surface area contributed by atoms with Crippen molar-refractivity contribution in [3.05, 3.63) is 29.8 Å². The highest BCUT2D eigenvalue weighted by atomic mass is 19.1. The monoisotopic (exact) mass is 154 g/mol. The van der Waals surface area contributed by atoms with Gasteiger partial charge in [-0.25, -0.2) is 4.39 Å². The Bertz CT molecular complexity index is 220. The van der Waals surface area contributed by atoms with Crippen LogP contribution in [0.1, 0.15) is 25.1 Å². The third kappa shape index (κ3) is 1.98. The van der Waals surface area contributed by atoms with Crippen molar-refractivity contribution in [2.45, 2.75) is 19.4 Å². The number of aromatic nitrogens is 1. The molecule has 3 heteroatoms. The topological polar surface area (TPSA) is 38.9 Å². The van der Waals surface area contributed by atoms with Crippen LogP contribution >= 0.6 is 0 Å². The van der Waals surface area contributed by atoms with Crippen LogP contribution in [0.25, 0.3) is 0 Å². The molecule has 1 aromatic rings. The van der Waals surface area contributed by atoms with Crippen molar-refractivity contribution in [1.29, 1.82) is 0 Å². The summed E-state index contributed by atoms with van der Waals surface area (Å²) < 4.78 is 12.4. The normalized spacial score (nSPS) is 13.0. The van der Waals surface area contributed by atoms with Gasteiger partial charge >= 0.3 is 0 Å². The largest absolute Gasteiger partial charge is 0.323 e. The summed E-state index contributed by atoms with van der Waals surface area (Å²) in [5.74, 6) is -0.322. The van der Waals surface area contributed by atoms with Gasteiger partial charge < -0.3 is 5.73 Å². The van der Waals surface area contributed by atoms with E-state index in [0.29, 0.717) is 0 Å². The van der Waals surface area contributed by atoms with E-state index in [-0.39, 0.29) is 11.9 Å². The fraction of sp³-hybridized carbons (Fsp3) is 0.375. The number of hydrogen-bond acceptors (Lipinski definition) is 2. The third-order valence-corrected chi connectivity index (χ3v) is 1.57. The smallest absolute Gasteiger partial charge is 0.141 e. The lowest BCUT2D eigenvalue weighted by atomic mass is 10.1. The van der Waals surface area contributed by atoms with Crippen LogP contribution in [0.4, 0.5) is 4.39 Å². The molecule has 0 aliphatic carbocycles. The molecule has 2 nitrogen and oxygen atoms in total. The quantitative estimate of drug-likeness (QED) is 0.703. The van der Waals surface area contributed by atoms with Crippen molar-refractivity contribution in [3.8, 4) is 0 Å². The van der Waals surface area contributed by atoms with Crippen molar-refractivity contribution in [3.63, 3.8) is 0 Å². The predicted molar refractivity (Wildman–Crippen MR) is 41.4 cm³/mol. The third-order valence-electron chi connectivity index (χ3n) is 1.57. The molecule has 0 spiro atoms.